The van der Waals surface area contributed by atoms with Gasteiger partial charge in [-0.05, 0) is 24.6 Å². The molecule has 0 aromatic heterocycles. The second kappa shape index (κ2) is 8.57. The van der Waals surface area contributed by atoms with Crippen molar-refractivity contribution in [2.45, 2.75) is 13.1 Å². The monoisotopic (exact) mass is 376 g/mol. The van der Waals surface area contributed by atoms with Gasteiger partial charge in [0.1, 0.15) is 0 Å². The van der Waals surface area contributed by atoms with E-state index in [0.29, 0.717) is 26.3 Å². The Balaban J connectivity index is 1.81. The normalized spacial score (nSPS) is 15.1. The third kappa shape index (κ3) is 5.93. The van der Waals surface area contributed by atoms with Crippen LogP contribution in [0.5, 0.6) is 0 Å². The molecule has 0 saturated carbocycles. The molecule has 25 heavy (non-hydrogen) atoms. The zero-order valence-corrected chi connectivity index (χ0v) is 14.5. The van der Waals surface area contributed by atoms with Crippen molar-refractivity contribution in [2.24, 2.45) is 0 Å². The van der Waals surface area contributed by atoms with Gasteiger partial charge in [0.25, 0.3) is 0 Å². The maximum atomic E-state index is 12.9. The third-order valence-electron chi connectivity index (χ3n) is 3.65. The number of halogens is 3. The number of aryl methyl sites for hydroxylation is 1. The molecule has 0 atom stereocenters. The van der Waals surface area contributed by atoms with E-state index in [2.05, 4.69) is 5.32 Å². The van der Waals surface area contributed by atoms with Crippen molar-refractivity contribution in [3.63, 3.8) is 0 Å². The molecule has 1 aliphatic heterocycles. The highest BCUT2D eigenvalue weighted by atomic mass is 32.2. The van der Waals surface area contributed by atoms with Crippen molar-refractivity contribution in [1.29, 1.82) is 0 Å². The summed E-state index contributed by atoms with van der Waals surface area (Å²) < 4.78 is 43.8. The Bertz CT molecular complexity index is 632. The number of rotatable bonds is 5. The SMILES string of the molecule is Cc1ccc(NC(=O)CSCC(=O)N2CCOCC2)cc1C(F)(F)F. The minimum Gasteiger partial charge on any atom is -0.378 e. The summed E-state index contributed by atoms with van der Waals surface area (Å²) in [4.78, 5) is 25.5. The van der Waals surface area contributed by atoms with Crippen molar-refractivity contribution in [3.05, 3.63) is 29.3 Å². The third-order valence-corrected chi connectivity index (χ3v) is 4.57. The van der Waals surface area contributed by atoms with Gasteiger partial charge in [0.15, 0.2) is 0 Å². The van der Waals surface area contributed by atoms with Gasteiger partial charge in [0, 0.05) is 18.8 Å². The molecule has 2 rings (SSSR count). The topological polar surface area (TPSA) is 58.6 Å². The van der Waals surface area contributed by atoms with Crippen LogP contribution in [0.4, 0.5) is 18.9 Å². The summed E-state index contributed by atoms with van der Waals surface area (Å²) in [6.07, 6.45) is -4.47. The zero-order valence-electron chi connectivity index (χ0n) is 13.7. The summed E-state index contributed by atoms with van der Waals surface area (Å²) >= 11 is 1.13. The molecule has 1 aromatic carbocycles. The van der Waals surface area contributed by atoms with Crippen LogP contribution in [0.2, 0.25) is 0 Å². The molecule has 2 amide bonds. The molecular weight excluding hydrogens is 357 g/mol. The highest BCUT2D eigenvalue weighted by Gasteiger charge is 2.32. The number of carbonyl (C=O) groups is 2. The number of nitrogens with one attached hydrogen (secondary N) is 1. The van der Waals surface area contributed by atoms with Crippen LogP contribution in [-0.2, 0) is 20.5 Å². The number of thioether (sulfide) groups is 1. The van der Waals surface area contributed by atoms with Crippen LogP contribution in [0.1, 0.15) is 11.1 Å². The molecule has 0 radical (unpaired) electrons. The average Bonchev–Trinajstić information content (AvgIpc) is 2.56. The number of hydrogen-bond donors (Lipinski definition) is 1. The van der Waals surface area contributed by atoms with Crippen molar-refractivity contribution in [2.75, 3.05) is 43.1 Å². The molecule has 1 heterocycles. The number of nitrogens with zero attached hydrogens (tertiary/aromatic N) is 1. The van der Waals surface area contributed by atoms with Gasteiger partial charge in [-0.2, -0.15) is 13.2 Å². The van der Waals surface area contributed by atoms with Gasteiger partial charge in [0.05, 0.1) is 30.3 Å². The summed E-state index contributed by atoms with van der Waals surface area (Å²) in [7, 11) is 0. The predicted molar refractivity (Wildman–Crippen MR) is 89.5 cm³/mol. The van der Waals surface area contributed by atoms with Crippen LogP contribution in [0.3, 0.4) is 0 Å². The Labute approximate surface area is 147 Å². The smallest absolute Gasteiger partial charge is 0.378 e. The van der Waals surface area contributed by atoms with E-state index >= 15 is 0 Å². The zero-order chi connectivity index (χ0) is 18.4. The Morgan fingerprint density at radius 1 is 1.24 bits per heavy atom. The fraction of sp³-hybridized carbons (Fsp3) is 0.500. The first-order chi connectivity index (χ1) is 11.8. The fourth-order valence-electron chi connectivity index (χ4n) is 2.34. The Morgan fingerprint density at radius 2 is 1.92 bits per heavy atom. The number of morpholine rings is 1. The first-order valence-corrected chi connectivity index (χ1v) is 8.84. The van der Waals surface area contributed by atoms with Crippen LogP contribution in [0, 0.1) is 6.92 Å². The number of ether oxygens (including phenoxy) is 1. The summed E-state index contributed by atoms with van der Waals surface area (Å²) in [5.74, 6) is -0.381. The quantitative estimate of drug-likeness (QED) is 0.858. The summed E-state index contributed by atoms with van der Waals surface area (Å²) in [5, 5.41) is 2.43. The van der Waals surface area contributed by atoms with Gasteiger partial charge < -0.3 is 15.0 Å². The Morgan fingerprint density at radius 3 is 2.56 bits per heavy atom. The first kappa shape index (κ1) is 19.6. The van der Waals surface area contributed by atoms with Gasteiger partial charge >= 0.3 is 6.18 Å². The van der Waals surface area contributed by atoms with Gasteiger partial charge in [-0.3, -0.25) is 9.59 Å². The number of benzene rings is 1. The lowest BCUT2D eigenvalue weighted by Gasteiger charge is -2.26. The molecule has 5 nitrogen and oxygen atoms in total. The highest BCUT2D eigenvalue weighted by molar-refractivity contribution is 8.00. The van der Waals surface area contributed by atoms with Crippen LogP contribution in [0.25, 0.3) is 0 Å². The second-order valence-electron chi connectivity index (χ2n) is 5.56. The number of carbonyl (C=O) groups excluding carboxylic acids is 2. The van der Waals surface area contributed by atoms with E-state index in [9.17, 15) is 22.8 Å². The Hall–Kier alpha value is -1.74. The average molecular weight is 376 g/mol. The molecule has 0 spiro atoms. The molecule has 0 unspecified atom stereocenters. The van der Waals surface area contributed by atoms with E-state index in [1.54, 1.807) is 4.90 Å². The van der Waals surface area contributed by atoms with E-state index < -0.39 is 17.6 Å². The van der Waals surface area contributed by atoms with Gasteiger partial charge in [-0.1, -0.05) is 6.07 Å². The second-order valence-corrected chi connectivity index (χ2v) is 6.55. The largest absolute Gasteiger partial charge is 0.416 e. The van der Waals surface area contributed by atoms with Crippen LogP contribution >= 0.6 is 11.8 Å². The first-order valence-electron chi connectivity index (χ1n) is 7.68. The Kier molecular flexibility index (Phi) is 6.71. The van der Waals surface area contributed by atoms with Crippen molar-refractivity contribution in [3.8, 4) is 0 Å². The number of alkyl halides is 3. The van der Waals surface area contributed by atoms with Crippen molar-refractivity contribution < 1.29 is 27.5 Å². The standard InChI is InChI=1S/C16H19F3N2O3S/c1-11-2-3-12(8-13(11)16(17,18)19)20-14(22)9-25-10-15(23)21-4-6-24-7-5-21/h2-3,8H,4-7,9-10H2,1H3,(H,20,22). The van der Waals surface area contributed by atoms with Gasteiger partial charge in [-0.25, -0.2) is 0 Å². The van der Waals surface area contributed by atoms with Crippen molar-refractivity contribution >= 4 is 29.3 Å². The lowest BCUT2D eigenvalue weighted by molar-refractivity contribution is -0.138. The minimum absolute atomic E-state index is 0.00862. The van der Waals surface area contributed by atoms with E-state index in [0.717, 1.165) is 17.8 Å². The molecule has 1 fully saturated rings. The van der Waals surface area contributed by atoms with Crippen LogP contribution in [0.15, 0.2) is 18.2 Å². The highest BCUT2D eigenvalue weighted by Crippen LogP contribution is 2.33. The molecule has 1 aromatic rings. The minimum atomic E-state index is -4.47. The summed E-state index contributed by atoms with van der Waals surface area (Å²) in [6.45, 7) is 3.45. The summed E-state index contributed by atoms with van der Waals surface area (Å²) in [5.41, 5.74) is -0.598. The molecular formula is C16H19F3N2O3S. The van der Waals surface area contributed by atoms with Crippen LogP contribution < -0.4 is 5.32 Å². The summed E-state index contributed by atoms with van der Waals surface area (Å²) in [6, 6.07) is 3.65. The number of amides is 2. The molecule has 0 aliphatic carbocycles. The van der Waals surface area contributed by atoms with E-state index in [1.807, 2.05) is 0 Å². The number of hydrogen-bond acceptors (Lipinski definition) is 4. The lowest BCUT2D eigenvalue weighted by atomic mass is 10.1. The lowest BCUT2D eigenvalue weighted by Crippen LogP contribution is -2.41. The maximum absolute atomic E-state index is 12.9. The van der Waals surface area contributed by atoms with Crippen molar-refractivity contribution in [1.82, 2.24) is 4.90 Å². The number of anilines is 1. The molecule has 1 aliphatic rings. The van der Waals surface area contributed by atoms with Gasteiger partial charge in [0.2, 0.25) is 11.8 Å². The van der Waals surface area contributed by atoms with E-state index in [4.69, 9.17) is 4.74 Å². The fourth-order valence-corrected chi connectivity index (χ4v) is 3.05. The molecule has 1 N–H and O–H groups in total. The molecule has 138 valence electrons. The van der Waals surface area contributed by atoms with Crippen LogP contribution in [-0.4, -0.2) is 54.5 Å². The molecule has 1 saturated heterocycles. The molecule has 9 heteroatoms. The maximum Gasteiger partial charge on any atom is 0.416 e. The van der Waals surface area contributed by atoms with E-state index in [1.165, 1.54) is 19.1 Å². The van der Waals surface area contributed by atoms with Gasteiger partial charge in [-0.15, -0.1) is 11.8 Å². The predicted octanol–water partition coefficient (Wildman–Crippen LogP) is 2.54. The molecule has 0 bridgehead atoms. The van der Waals surface area contributed by atoms with E-state index in [-0.39, 0.29) is 28.7 Å².